The van der Waals surface area contributed by atoms with Crippen LogP contribution in [0.15, 0.2) is 24.3 Å². The lowest BCUT2D eigenvalue weighted by Gasteiger charge is -2.15. The first-order chi connectivity index (χ1) is 8.56. The van der Waals surface area contributed by atoms with Crippen LogP contribution in [0.5, 0.6) is 0 Å². The second-order valence-electron chi connectivity index (χ2n) is 4.64. The summed E-state index contributed by atoms with van der Waals surface area (Å²) in [7, 11) is 0. The highest BCUT2D eigenvalue weighted by Gasteiger charge is 2.11. The van der Waals surface area contributed by atoms with Gasteiger partial charge in [-0.2, -0.15) is 0 Å². The van der Waals surface area contributed by atoms with E-state index in [1.165, 1.54) is 0 Å². The van der Waals surface area contributed by atoms with Crippen molar-refractivity contribution < 1.29 is 9.90 Å². The molecule has 0 unspecified atom stereocenters. The molecule has 0 spiro atoms. The summed E-state index contributed by atoms with van der Waals surface area (Å²) >= 11 is 0. The maximum atomic E-state index is 12.0. The summed E-state index contributed by atoms with van der Waals surface area (Å²) in [5.41, 5.74) is 1.53. The van der Waals surface area contributed by atoms with Crippen LogP contribution in [0.1, 0.15) is 37.6 Å². The van der Waals surface area contributed by atoms with Crippen LogP contribution in [0.4, 0.5) is 5.69 Å². The van der Waals surface area contributed by atoms with Gasteiger partial charge in [0.15, 0.2) is 0 Å². The summed E-state index contributed by atoms with van der Waals surface area (Å²) in [4.78, 5) is 12.0. The van der Waals surface area contributed by atoms with Gasteiger partial charge in [0.25, 0.3) is 5.91 Å². The fourth-order valence-electron chi connectivity index (χ4n) is 1.63. The zero-order chi connectivity index (χ0) is 13.5. The van der Waals surface area contributed by atoms with Gasteiger partial charge in [-0.3, -0.25) is 4.79 Å². The Morgan fingerprint density at radius 1 is 1.39 bits per heavy atom. The van der Waals surface area contributed by atoms with E-state index in [1.807, 2.05) is 39.0 Å². The number of hydrogen-bond acceptors (Lipinski definition) is 3. The molecule has 0 bridgehead atoms. The molecule has 18 heavy (non-hydrogen) atoms. The smallest absolute Gasteiger partial charge is 0.251 e. The Hall–Kier alpha value is -1.55. The van der Waals surface area contributed by atoms with Crippen LogP contribution in [0.2, 0.25) is 0 Å². The summed E-state index contributed by atoms with van der Waals surface area (Å²) in [5, 5.41) is 15.1. The van der Waals surface area contributed by atoms with Gasteiger partial charge in [-0.15, -0.1) is 0 Å². The number of carbonyl (C=O) groups is 1. The van der Waals surface area contributed by atoms with Gasteiger partial charge in [-0.05, 0) is 38.5 Å². The van der Waals surface area contributed by atoms with E-state index < -0.39 is 0 Å². The van der Waals surface area contributed by atoms with Crippen molar-refractivity contribution in [1.82, 2.24) is 5.32 Å². The Balaban J connectivity index is 2.73. The predicted octanol–water partition coefficient (Wildman–Crippen LogP) is 2.01. The van der Waals surface area contributed by atoms with E-state index in [1.54, 1.807) is 6.07 Å². The Bertz CT molecular complexity index is 387. The van der Waals surface area contributed by atoms with Crippen molar-refractivity contribution in [3.05, 3.63) is 29.8 Å². The molecule has 0 saturated carbocycles. The van der Waals surface area contributed by atoms with Crippen molar-refractivity contribution in [1.29, 1.82) is 0 Å². The average Bonchev–Trinajstić information content (AvgIpc) is 2.35. The molecule has 3 N–H and O–H groups in total. The number of carbonyl (C=O) groups excluding carboxylic acids is 1. The highest BCUT2D eigenvalue weighted by atomic mass is 16.3. The minimum Gasteiger partial charge on any atom is -0.394 e. The molecule has 0 aliphatic carbocycles. The van der Waals surface area contributed by atoms with E-state index in [0.29, 0.717) is 18.0 Å². The normalized spacial score (nSPS) is 12.3. The summed E-state index contributed by atoms with van der Waals surface area (Å²) < 4.78 is 0. The second-order valence-corrected chi connectivity index (χ2v) is 4.64. The van der Waals surface area contributed by atoms with Gasteiger partial charge in [0.1, 0.15) is 0 Å². The van der Waals surface area contributed by atoms with Crippen molar-refractivity contribution in [2.75, 3.05) is 11.9 Å². The molecule has 0 fully saturated rings. The second kappa shape index (κ2) is 7.01. The van der Waals surface area contributed by atoms with Gasteiger partial charge in [0, 0.05) is 17.3 Å². The molecular weight excluding hydrogens is 228 g/mol. The van der Waals surface area contributed by atoms with Gasteiger partial charge < -0.3 is 15.7 Å². The maximum Gasteiger partial charge on any atom is 0.251 e. The number of aliphatic hydroxyl groups excluding tert-OH is 1. The molecule has 0 aliphatic heterocycles. The lowest BCUT2D eigenvalue weighted by Crippen LogP contribution is -2.36. The predicted molar refractivity (Wildman–Crippen MR) is 73.8 cm³/mol. The molecule has 0 heterocycles. The SMILES string of the molecule is CC[C@@H](CO)NC(=O)c1cccc(NC(C)C)c1. The Labute approximate surface area is 108 Å². The third-order valence-electron chi connectivity index (χ3n) is 2.63. The number of hydrogen-bond donors (Lipinski definition) is 3. The third-order valence-corrected chi connectivity index (χ3v) is 2.63. The standard InChI is InChI=1S/C14H22N2O2/c1-4-12(9-17)16-14(18)11-6-5-7-13(8-11)15-10(2)3/h5-8,10,12,15,17H,4,9H2,1-3H3,(H,16,18)/t12-/m0/s1. The number of amides is 1. The van der Waals surface area contributed by atoms with Gasteiger partial charge in [0.05, 0.1) is 12.6 Å². The lowest BCUT2D eigenvalue weighted by molar-refractivity contribution is 0.0915. The van der Waals surface area contributed by atoms with E-state index in [9.17, 15) is 4.79 Å². The molecule has 0 saturated heterocycles. The molecule has 4 heteroatoms. The van der Waals surface area contributed by atoms with Crippen LogP contribution in [0, 0.1) is 0 Å². The fourth-order valence-corrected chi connectivity index (χ4v) is 1.63. The molecule has 100 valence electrons. The largest absolute Gasteiger partial charge is 0.394 e. The van der Waals surface area contributed by atoms with Crippen LogP contribution < -0.4 is 10.6 Å². The van der Waals surface area contributed by atoms with E-state index in [-0.39, 0.29) is 18.6 Å². The highest BCUT2D eigenvalue weighted by molar-refractivity contribution is 5.95. The zero-order valence-corrected chi connectivity index (χ0v) is 11.2. The molecule has 0 aliphatic rings. The highest BCUT2D eigenvalue weighted by Crippen LogP contribution is 2.12. The summed E-state index contributed by atoms with van der Waals surface area (Å²) in [6.07, 6.45) is 0.714. The van der Waals surface area contributed by atoms with Gasteiger partial charge in [0.2, 0.25) is 0 Å². The van der Waals surface area contributed by atoms with Crippen molar-refractivity contribution in [2.24, 2.45) is 0 Å². The first-order valence-electron chi connectivity index (χ1n) is 6.35. The third kappa shape index (κ3) is 4.37. The first kappa shape index (κ1) is 14.5. The zero-order valence-electron chi connectivity index (χ0n) is 11.2. The molecule has 1 aromatic rings. The summed E-state index contributed by atoms with van der Waals surface area (Å²) in [5.74, 6) is -0.150. The topological polar surface area (TPSA) is 61.4 Å². The molecule has 0 aromatic heterocycles. The number of nitrogens with one attached hydrogen (secondary N) is 2. The first-order valence-corrected chi connectivity index (χ1v) is 6.35. The number of aliphatic hydroxyl groups is 1. The van der Waals surface area contributed by atoms with Crippen molar-refractivity contribution in [3.8, 4) is 0 Å². The Morgan fingerprint density at radius 3 is 2.67 bits per heavy atom. The quantitative estimate of drug-likeness (QED) is 0.723. The average molecular weight is 250 g/mol. The molecule has 1 aromatic carbocycles. The molecule has 4 nitrogen and oxygen atoms in total. The van der Waals surface area contributed by atoms with Gasteiger partial charge in [-0.25, -0.2) is 0 Å². The van der Waals surface area contributed by atoms with Crippen LogP contribution in [0.3, 0.4) is 0 Å². The van der Waals surface area contributed by atoms with Gasteiger partial charge >= 0.3 is 0 Å². The van der Waals surface area contributed by atoms with Crippen LogP contribution in [0.25, 0.3) is 0 Å². The monoisotopic (exact) mass is 250 g/mol. The van der Waals surface area contributed by atoms with E-state index in [0.717, 1.165) is 5.69 Å². The Morgan fingerprint density at radius 2 is 2.11 bits per heavy atom. The molecule has 0 radical (unpaired) electrons. The summed E-state index contributed by atoms with van der Waals surface area (Å²) in [6, 6.07) is 7.51. The molecular formula is C14H22N2O2. The van der Waals surface area contributed by atoms with Crippen LogP contribution in [-0.4, -0.2) is 29.7 Å². The van der Waals surface area contributed by atoms with E-state index in [4.69, 9.17) is 5.11 Å². The van der Waals surface area contributed by atoms with Crippen molar-refractivity contribution in [2.45, 2.75) is 39.3 Å². The van der Waals surface area contributed by atoms with Crippen LogP contribution in [-0.2, 0) is 0 Å². The van der Waals surface area contributed by atoms with E-state index >= 15 is 0 Å². The number of anilines is 1. The Kier molecular flexibility index (Phi) is 5.65. The number of benzene rings is 1. The molecule has 1 rings (SSSR count). The van der Waals surface area contributed by atoms with E-state index in [2.05, 4.69) is 10.6 Å². The summed E-state index contributed by atoms with van der Waals surface area (Å²) in [6.45, 7) is 5.99. The lowest BCUT2D eigenvalue weighted by atomic mass is 10.1. The minimum atomic E-state index is -0.181. The minimum absolute atomic E-state index is 0.0355. The fraction of sp³-hybridized carbons (Fsp3) is 0.500. The van der Waals surface area contributed by atoms with Crippen molar-refractivity contribution in [3.63, 3.8) is 0 Å². The maximum absolute atomic E-state index is 12.0. The van der Waals surface area contributed by atoms with Crippen molar-refractivity contribution >= 4 is 11.6 Å². The van der Waals surface area contributed by atoms with Gasteiger partial charge in [-0.1, -0.05) is 13.0 Å². The molecule has 1 atom stereocenters. The molecule has 1 amide bonds. The number of rotatable bonds is 6. The van der Waals surface area contributed by atoms with Crippen LogP contribution >= 0.6 is 0 Å².